The maximum Gasteiger partial charge on any atom is 0.164 e. The highest BCUT2D eigenvalue weighted by Gasteiger charge is 2.24. The van der Waals surface area contributed by atoms with Crippen molar-refractivity contribution >= 4 is 33.0 Å². The monoisotopic (exact) mass is 444 g/mol. The molecule has 0 saturated heterocycles. The molecule has 0 aliphatic rings. The van der Waals surface area contributed by atoms with E-state index in [0.29, 0.717) is 6.04 Å². The predicted molar refractivity (Wildman–Crippen MR) is 141 cm³/mol. The van der Waals surface area contributed by atoms with Crippen LogP contribution in [-0.2, 0) is 0 Å². The van der Waals surface area contributed by atoms with Gasteiger partial charge in [0.2, 0.25) is 0 Å². The lowest BCUT2D eigenvalue weighted by Gasteiger charge is -2.24. The SMILES string of the molecule is CCC(CC(C)c1nc2cccnc2n1-c1ccccc1)n1c2ccccc2c2ccccc21. The van der Waals surface area contributed by atoms with E-state index in [1.807, 2.05) is 12.3 Å². The Kier molecular flexibility index (Phi) is 5.14. The normalized spacial score (nSPS) is 13.6. The van der Waals surface area contributed by atoms with Crippen LogP contribution in [-0.4, -0.2) is 19.1 Å². The molecule has 3 aromatic carbocycles. The van der Waals surface area contributed by atoms with Crippen molar-refractivity contribution in [3.05, 3.63) is 103 Å². The molecule has 0 N–H and O–H groups in total. The quantitative estimate of drug-likeness (QED) is 0.264. The molecule has 168 valence electrons. The van der Waals surface area contributed by atoms with E-state index in [1.54, 1.807) is 0 Å². The van der Waals surface area contributed by atoms with E-state index in [2.05, 4.69) is 113 Å². The summed E-state index contributed by atoms with van der Waals surface area (Å²) in [5.41, 5.74) is 5.58. The van der Waals surface area contributed by atoms with Crippen molar-refractivity contribution in [1.29, 1.82) is 0 Å². The Balaban J connectivity index is 1.47. The summed E-state index contributed by atoms with van der Waals surface area (Å²) in [4.78, 5) is 9.76. The molecule has 0 bridgehead atoms. The summed E-state index contributed by atoms with van der Waals surface area (Å²) >= 11 is 0. The van der Waals surface area contributed by atoms with Crippen LogP contribution < -0.4 is 0 Å². The molecule has 4 heteroatoms. The highest BCUT2D eigenvalue weighted by Crippen LogP contribution is 2.37. The summed E-state index contributed by atoms with van der Waals surface area (Å²) in [5, 5.41) is 2.65. The zero-order valence-electron chi connectivity index (χ0n) is 19.6. The van der Waals surface area contributed by atoms with Gasteiger partial charge in [-0.1, -0.05) is 68.4 Å². The molecule has 4 nitrogen and oxygen atoms in total. The van der Waals surface area contributed by atoms with E-state index in [0.717, 1.165) is 35.5 Å². The van der Waals surface area contributed by atoms with Gasteiger partial charge < -0.3 is 4.57 Å². The minimum absolute atomic E-state index is 0.249. The molecule has 0 spiro atoms. The Morgan fingerprint density at radius 3 is 2.09 bits per heavy atom. The number of fused-ring (bicyclic) bond motifs is 4. The Labute approximate surface area is 199 Å². The Morgan fingerprint density at radius 2 is 1.41 bits per heavy atom. The molecule has 0 aliphatic carbocycles. The fraction of sp³-hybridized carbons (Fsp3) is 0.200. The molecule has 2 atom stereocenters. The highest BCUT2D eigenvalue weighted by atomic mass is 15.1. The van der Waals surface area contributed by atoms with Crippen LogP contribution in [0.1, 0.15) is 44.5 Å². The van der Waals surface area contributed by atoms with Crippen molar-refractivity contribution < 1.29 is 0 Å². The number of hydrogen-bond donors (Lipinski definition) is 0. The van der Waals surface area contributed by atoms with Crippen molar-refractivity contribution in [2.45, 2.75) is 38.6 Å². The molecule has 0 aliphatic heterocycles. The number of benzene rings is 3. The molecule has 3 heterocycles. The van der Waals surface area contributed by atoms with Gasteiger partial charge in [0.15, 0.2) is 5.65 Å². The minimum Gasteiger partial charge on any atom is -0.337 e. The number of pyridine rings is 1. The van der Waals surface area contributed by atoms with Gasteiger partial charge in [0, 0.05) is 45.6 Å². The van der Waals surface area contributed by atoms with Crippen LogP contribution in [0.4, 0.5) is 0 Å². The molecule has 0 radical (unpaired) electrons. The summed E-state index contributed by atoms with van der Waals surface area (Å²) in [7, 11) is 0. The van der Waals surface area contributed by atoms with E-state index < -0.39 is 0 Å². The molecule has 0 saturated carbocycles. The van der Waals surface area contributed by atoms with Crippen LogP contribution in [0, 0.1) is 0 Å². The van der Waals surface area contributed by atoms with Crippen LogP contribution >= 0.6 is 0 Å². The van der Waals surface area contributed by atoms with Gasteiger partial charge in [-0.2, -0.15) is 0 Å². The van der Waals surface area contributed by atoms with E-state index in [-0.39, 0.29) is 5.92 Å². The Hall–Kier alpha value is -3.92. The van der Waals surface area contributed by atoms with Gasteiger partial charge in [0.1, 0.15) is 11.3 Å². The van der Waals surface area contributed by atoms with Gasteiger partial charge in [0.05, 0.1) is 0 Å². The minimum atomic E-state index is 0.249. The maximum absolute atomic E-state index is 5.07. The lowest BCUT2D eigenvalue weighted by molar-refractivity contribution is 0.431. The number of rotatable bonds is 6. The molecule has 6 rings (SSSR count). The molecular formula is C30H28N4. The molecule has 2 unspecified atom stereocenters. The van der Waals surface area contributed by atoms with E-state index in [4.69, 9.17) is 4.98 Å². The van der Waals surface area contributed by atoms with Crippen LogP contribution in [0.5, 0.6) is 0 Å². The summed E-state index contributed by atoms with van der Waals surface area (Å²) in [6.07, 6.45) is 3.90. The summed E-state index contributed by atoms with van der Waals surface area (Å²) in [6, 6.07) is 32.4. The highest BCUT2D eigenvalue weighted by molar-refractivity contribution is 6.08. The maximum atomic E-state index is 5.07. The van der Waals surface area contributed by atoms with Gasteiger partial charge in [-0.05, 0) is 49.2 Å². The van der Waals surface area contributed by atoms with Gasteiger partial charge in [-0.15, -0.1) is 0 Å². The molecule has 0 amide bonds. The van der Waals surface area contributed by atoms with Crippen molar-refractivity contribution in [2.75, 3.05) is 0 Å². The number of nitrogens with zero attached hydrogens (tertiary/aromatic N) is 4. The lowest BCUT2D eigenvalue weighted by Crippen LogP contribution is -2.14. The van der Waals surface area contributed by atoms with Crippen LogP contribution in [0.2, 0.25) is 0 Å². The standard InChI is InChI=1S/C30H28N4/c1-3-22(33-27-17-9-7-14-24(27)25-15-8-10-18-28(25)33)20-21(2)29-32-26-16-11-19-31-30(26)34(29)23-12-5-4-6-13-23/h4-19,21-22H,3,20H2,1-2H3. The summed E-state index contributed by atoms with van der Waals surface area (Å²) < 4.78 is 4.79. The summed E-state index contributed by atoms with van der Waals surface area (Å²) in [6.45, 7) is 4.60. The molecule has 0 fully saturated rings. The van der Waals surface area contributed by atoms with Gasteiger partial charge >= 0.3 is 0 Å². The van der Waals surface area contributed by atoms with Crippen LogP contribution in [0.3, 0.4) is 0 Å². The number of para-hydroxylation sites is 3. The fourth-order valence-electron chi connectivity index (χ4n) is 5.41. The first kappa shape index (κ1) is 20.7. The second kappa shape index (κ2) is 8.45. The first-order valence-corrected chi connectivity index (χ1v) is 12.1. The molecule has 6 aromatic rings. The van der Waals surface area contributed by atoms with Crippen LogP contribution in [0.25, 0.3) is 38.7 Å². The molecule has 34 heavy (non-hydrogen) atoms. The third kappa shape index (κ3) is 3.29. The van der Waals surface area contributed by atoms with Crippen molar-refractivity contribution in [3.8, 4) is 5.69 Å². The average Bonchev–Trinajstić information content (AvgIpc) is 3.44. The van der Waals surface area contributed by atoms with E-state index in [9.17, 15) is 0 Å². The average molecular weight is 445 g/mol. The Bertz CT molecular complexity index is 1540. The molecular weight excluding hydrogens is 416 g/mol. The number of aromatic nitrogens is 4. The Morgan fingerprint density at radius 1 is 0.765 bits per heavy atom. The summed E-state index contributed by atoms with van der Waals surface area (Å²) in [5.74, 6) is 1.32. The first-order valence-electron chi connectivity index (χ1n) is 12.1. The fourth-order valence-corrected chi connectivity index (χ4v) is 5.41. The largest absolute Gasteiger partial charge is 0.337 e. The van der Waals surface area contributed by atoms with Gasteiger partial charge in [0.25, 0.3) is 0 Å². The third-order valence-corrected chi connectivity index (χ3v) is 6.98. The number of hydrogen-bond acceptors (Lipinski definition) is 2. The smallest absolute Gasteiger partial charge is 0.164 e. The predicted octanol–water partition coefficient (Wildman–Crippen LogP) is 7.67. The van der Waals surface area contributed by atoms with Crippen molar-refractivity contribution in [2.24, 2.45) is 0 Å². The van der Waals surface area contributed by atoms with Crippen LogP contribution in [0.15, 0.2) is 97.2 Å². The zero-order valence-corrected chi connectivity index (χ0v) is 19.6. The topological polar surface area (TPSA) is 35.6 Å². The second-order valence-corrected chi connectivity index (χ2v) is 9.09. The number of imidazole rings is 1. The van der Waals surface area contributed by atoms with Gasteiger partial charge in [-0.25, -0.2) is 9.97 Å². The van der Waals surface area contributed by atoms with Crippen molar-refractivity contribution in [1.82, 2.24) is 19.1 Å². The third-order valence-electron chi connectivity index (χ3n) is 6.98. The van der Waals surface area contributed by atoms with Crippen molar-refractivity contribution in [3.63, 3.8) is 0 Å². The first-order chi connectivity index (χ1) is 16.8. The zero-order chi connectivity index (χ0) is 23.1. The lowest BCUT2D eigenvalue weighted by atomic mass is 9.98. The van der Waals surface area contributed by atoms with Gasteiger partial charge in [-0.3, -0.25) is 4.57 Å². The molecule has 3 aromatic heterocycles. The van der Waals surface area contributed by atoms with E-state index >= 15 is 0 Å². The second-order valence-electron chi connectivity index (χ2n) is 9.09. The van der Waals surface area contributed by atoms with E-state index in [1.165, 1.54) is 21.8 Å².